The number of ether oxygens (including phenoxy) is 1. The quantitative estimate of drug-likeness (QED) is 0.698. The van der Waals surface area contributed by atoms with Crippen LogP contribution in [0.3, 0.4) is 0 Å². The summed E-state index contributed by atoms with van der Waals surface area (Å²) < 4.78 is 8.35. The molecule has 1 aromatic heterocycles. The molecule has 0 radical (unpaired) electrons. The number of carbonyl (C=O) groups excluding carboxylic acids is 1. The molecule has 0 N–H and O–H groups in total. The Balaban J connectivity index is 2.21. The summed E-state index contributed by atoms with van der Waals surface area (Å²) >= 11 is 0. The van der Waals surface area contributed by atoms with Gasteiger partial charge in [-0.05, 0) is 37.3 Å². The first-order valence-corrected chi connectivity index (χ1v) is 7.07. The Hall–Kier alpha value is -2.82. The van der Waals surface area contributed by atoms with Gasteiger partial charge in [-0.25, -0.2) is 9.48 Å². The molecular weight excluding hydrogens is 280 g/mol. The monoisotopic (exact) mass is 296 g/mol. The van der Waals surface area contributed by atoms with Gasteiger partial charge in [-0.1, -0.05) is 18.2 Å². The first kappa shape index (κ1) is 14.1. The van der Waals surface area contributed by atoms with Crippen LogP contribution >= 0.6 is 0 Å². The number of aromatic nitrogens is 2. The van der Waals surface area contributed by atoms with Crippen molar-refractivity contribution in [2.75, 3.05) is 6.61 Å². The normalized spacial score (nSPS) is 10.8. The second-order valence-corrected chi connectivity index (χ2v) is 4.93. The molecule has 0 aliphatic heterocycles. The molecule has 1 heterocycles. The van der Waals surface area contributed by atoms with Crippen molar-refractivity contribution >= 4 is 16.9 Å². The summed E-state index contributed by atoms with van der Waals surface area (Å²) in [5, 5.41) is 0.497. The Morgan fingerprint density at radius 1 is 1.14 bits per heavy atom. The second kappa shape index (κ2) is 5.52. The van der Waals surface area contributed by atoms with Crippen molar-refractivity contribution in [1.29, 1.82) is 0 Å². The van der Waals surface area contributed by atoms with Gasteiger partial charge in [0.25, 0.3) is 5.56 Å². The average molecular weight is 296 g/mol. The zero-order valence-corrected chi connectivity index (χ0v) is 12.4. The van der Waals surface area contributed by atoms with Crippen LogP contribution in [0.1, 0.15) is 17.3 Å². The first-order chi connectivity index (χ1) is 10.6. The summed E-state index contributed by atoms with van der Waals surface area (Å²) in [6.45, 7) is 2.06. The van der Waals surface area contributed by atoms with Crippen molar-refractivity contribution in [1.82, 2.24) is 9.36 Å². The van der Waals surface area contributed by atoms with Gasteiger partial charge in [-0.2, -0.15) is 0 Å². The van der Waals surface area contributed by atoms with Gasteiger partial charge in [-0.3, -0.25) is 9.48 Å². The molecule has 5 heteroatoms. The third-order valence-electron chi connectivity index (χ3n) is 3.58. The maximum Gasteiger partial charge on any atom is 0.338 e. The summed E-state index contributed by atoms with van der Waals surface area (Å²) in [6, 6.07) is 14.4. The van der Waals surface area contributed by atoms with E-state index in [2.05, 4.69) is 0 Å². The number of hydrogen-bond donors (Lipinski definition) is 0. The molecule has 0 aliphatic carbocycles. The van der Waals surface area contributed by atoms with Crippen molar-refractivity contribution in [2.24, 2.45) is 7.05 Å². The van der Waals surface area contributed by atoms with Gasteiger partial charge in [0.05, 0.1) is 28.8 Å². The Bertz CT molecular complexity index is 891. The highest BCUT2D eigenvalue weighted by Gasteiger charge is 2.15. The maximum atomic E-state index is 12.7. The maximum absolute atomic E-state index is 12.7. The van der Waals surface area contributed by atoms with E-state index in [1.165, 1.54) is 0 Å². The summed E-state index contributed by atoms with van der Waals surface area (Å²) in [6.07, 6.45) is 0. The molecule has 0 saturated carbocycles. The number of aryl methyl sites for hydroxylation is 1. The lowest BCUT2D eigenvalue weighted by Gasteiger charge is -2.07. The van der Waals surface area contributed by atoms with E-state index in [1.807, 2.05) is 37.4 Å². The van der Waals surface area contributed by atoms with Crippen molar-refractivity contribution < 1.29 is 9.53 Å². The fourth-order valence-corrected chi connectivity index (χ4v) is 2.55. The molecule has 5 nitrogen and oxygen atoms in total. The molecule has 112 valence electrons. The van der Waals surface area contributed by atoms with Crippen LogP contribution in [0.25, 0.3) is 16.6 Å². The molecule has 0 unspecified atom stereocenters. The predicted molar refractivity (Wildman–Crippen MR) is 84.5 cm³/mol. The molecule has 2 aromatic carbocycles. The van der Waals surface area contributed by atoms with Crippen molar-refractivity contribution in [3.05, 3.63) is 64.4 Å². The zero-order chi connectivity index (χ0) is 15.7. The number of hydrogen-bond acceptors (Lipinski definition) is 3. The lowest BCUT2D eigenvalue weighted by atomic mass is 10.1. The van der Waals surface area contributed by atoms with Crippen LogP contribution in [0.5, 0.6) is 0 Å². The molecule has 0 aliphatic rings. The van der Waals surface area contributed by atoms with E-state index in [9.17, 15) is 9.59 Å². The van der Waals surface area contributed by atoms with Gasteiger partial charge < -0.3 is 4.74 Å². The van der Waals surface area contributed by atoms with E-state index in [0.717, 1.165) is 11.2 Å². The molecule has 0 fully saturated rings. The lowest BCUT2D eigenvalue weighted by Crippen LogP contribution is -2.19. The number of rotatable bonds is 3. The van der Waals surface area contributed by atoms with Crippen LogP contribution in [-0.2, 0) is 11.8 Å². The van der Waals surface area contributed by atoms with E-state index < -0.39 is 5.97 Å². The minimum atomic E-state index is -0.418. The summed E-state index contributed by atoms with van der Waals surface area (Å²) in [5.74, 6) is -0.418. The Morgan fingerprint density at radius 2 is 1.86 bits per heavy atom. The van der Waals surface area contributed by atoms with Gasteiger partial charge in [0.15, 0.2) is 0 Å². The Labute approximate surface area is 127 Å². The van der Waals surface area contributed by atoms with Crippen LogP contribution in [0.15, 0.2) is 53.3 Å². The molecule has 3 rings (SSSR count). The SMILES string of the molecule is CCOC(=O)c1ccc2c(c1)c(=O)n(-c1ccccc1)n2C. The molecule has 0 amide bonds. The fourth-order valence-electron chi connectivity index (χ4n) is 2.55. The fraction of sp³-hybridized carbons (Fsp3) is 0.176. The minimum absolute atomic E-state index is 0.158. The van der Waals surface area contributed by atoms with E-state index in [0.29, 0.717) is 17.6 Å². The van der Waals surface area contributed by atoms with Crippen LogP contribution in [-0.4, -0.2) is 21.9 Å². The first-order valence-electron chi connectivity index (χ1n) is 7.07. The van der Waals surface area contributed by atoms with Gasteiger partial charge in [-0.15, -0.1) is 0 Å². The molecule has 0 spiro atoms. The Kier molecular flexibility index (Phi) is 3.55. The highest BCUT2D eigenvalue weighted by Crippen LogP contribution is 2.16. The van der Waals surface area contributed by atoms with Crippen molar-refractivity contribution in [2.45, 2.75) is 6.92 Å². The summed E-state index contributed by atoms with van der Waals surface area (Å²) in [7, 11) is 1.82. The highest BCUT2D eigenvalue weighted by molar-refractivity contribution is 5.94. The summed E-state index contributed by atoms with van der Waals surface area (Å²) in [4.78, 5) is 24.5. The smallest absolute Gasteiger partial charge is 0.338 e. The number of fused-ring (bicyclic) bond motifs is 1. The van der Waals surface area contributed by atoms with E-state index in [4.69, 9.17) is 4.74 Å². The van der Waals surface area contributed by atoms with Crippen LogP contribution in [0.4, 0.5) is 0 Å². The predicted octanol–water partition coefficient (Wildman–Crippen LogP) is 2.51. The molecule has 0 atom stereocenters. The third-order valence-corrected chi connectivity index (χ3v) is 3.58. The topological polar surface area (TPSA) is 53.2 Å². The second-order valence-electron chi connectivity index (χ2n) is 4.93. The number of benzene rings is 2. The lowest BCUT2D eigenvalue weighted by molar-refractivity contribution is 0.0526. The Morgan fingerprint density at radius 3 is 2.55 bits per heavy atom. The number of carbonyl (C=O) groups is 1. The van der Waals surface area contributed by atoms with Gasteiger partial charge in [0.2, 0.25) is 0 Å². The largest absolute Gasteiger partial charge is 0.462 e. The zero-order valence-electron chi connectivity index (χ0n) is 12.4. The number of para-hydroxylation sites is 1. The van der Waals surface area contributed by atoms with Crippen molar-refractivity contribution in [3.63, 3.8) is 0 Å². The minimum Gasteiger partial charge on any atom is -0.462 e. The van der Waals surface area contributed by atoms with E-state index in [-0.39, 0.29) is 5.56 Å². The third kappa shape index (κ3) is 2.20. The van der Waals surface area contributed by atoms with Crippen LogP contribution in [0.2, 0.25) is 0 Å². The van der Waals surface area contributed by atoms with Gasteiger partial charge >= 0.3 is 5.97 Å². The molecule has 3 aromatic rings. The van der Waals surface area contributed by atoms with Crippen molar-refractivity contribution in [3.8, 4) is 5.69 Å². The number of esters is 1. The van der Waals surface area contributed by atoms with Gasteiger partial charge in [0, 0.05) is 7.05 Å². The molecular formula is C17H16N2O3. The van der Waals surface area contributed by atoms with E-state index in [1.54, 1.807) is 34.5 Å². The van der Waals surface area contributed by atoms with E-state index >= 15 is 0 Å². The standard InChI is InChI=1S/C17H16N2O3/c1-3-22-17(21)12-9-10-15-14(11-12)16(20)19(18(15)2)13-7-5-4-6-8-13/h4-11H,3H2,1-2H3. The van der Waals surface area contributed by atoms with Gasteiger partial charge in [0.1, 0.15) is 0 Å². The molecule has 0 bridgehead atoms. The average Bonchev–Trinajstić information content (AvgIpc) is 2.79. The van der Waals surface area contributed by atoms with Crippen LogP contribution in [0, 0.1) is 0 Å². The number of nitrogens with zero attached hydrogens (tertiary/aromatic N) is 2. The highest BCUT2D eigenvalue weighted by atomic mass is 16.5. The molecule has 22 heavy (non-hydrogen) atoms. The molecule has 0 saturated heterocycles. The van der Waals surface area contributed by atoms with Crippen LogP contribution < -0.4 is 5.56 Å². The summed E-state index contributed by atoms with van der Waals surface area (Å²) in [5.41, 5.74) is 1.78.